The number of halogens is 2. The molecule has 0 aliphatic carbocycles. The molecule has 0 radical (unpaired) electrons. The van der Waals surface area contributed by atoms with Gasteiger partial charge in [0.1, 0.15) is 6.54 Å². The standard InChI is InChI=1S/C15H20Cl2N2O3S/c1-11-5-7-18(8-6-11)15(20)10-19(23(2,21)22)12-3-4-13(16)14(17)9-12/h3-4,9,11H,5-8,10H2,1-2H3. The van der Waals surface area contributed by atoms with Gasteiger partial charge in [0.25, 0.3) is 0 Å². The molecule has 0 bridgehead atoms. The van der Waals surface area contributed by atoms with Crippen molar-refractivity contribution in [1.29, 1.82) is 0 Å². The second-order valence-corrected chi connectivity index (χ2v) is 8.65. The van der Waals surface area contributed by atoms with Gasteiger partial charge in [0.05, 0.1) is 22.0 Å². The number of rotatable bonds is 4. The maximum absolute atomic E-state index is 12.4. The first-order chi connectivity index (χ1) is 10.7. The second-order valence-electron chi connectivity index (χ2n) is 5.93. The highest BCUT2D eigenvalue weighted by atomic mass is 35.5. The highest BCUT2D eigenvalue weighted by Gasteiger charge is 2.26. The van der Waals surface area contributed by atoms with Crippen molar-refractivity contribution in [3.63, 3.8) is 0 Å². The first-order valence-electron chi connectivity index (χ1n) is 7.39. The van der Waals surface area contributed by atoms with Gasteiger partial charge in [0.15, 0.2) is 0 Å². The van der Waals surface area contributed by atoms with Crippen LogP contribution in [-0.2, 0) is 14.8 Å². The Kier molecular flexibility index (Phi) is 5.81. The number of piperidine rings is 1. The molecule has 23 heavy (non-hydrogen) atoms. The summed E-state index contributed by atoms with van der Waals surface area (Å²) in [6.45, 7) is 3.25. The number of anilines is 1. The van der Waals surface area contributed by atoms with Crippen LogP contribution >= 0.6 is 23.2 Å². The number of sulfonamides is 1. The molecule has 0 unspecified atom stereocenters. The summed E-state index contributed by atoms with van der Waals surface area (Å²) in [4.78, 5) is 14.2. The van der Waals surface area contributed by atoms with Crippen LogP contribution in [0.5, 0.6) is 0 Å². The molecule has 1 fully saturated rings. The Labute approximate surface area is 147 Å². The number of amides is 1. The van der Waals surface area contributed by atoms with Crippen LogP contribution in [0.25, 0.3) is 0 Å². The first-order valence-corrected chi connectivity index (χ1v) is 9.99. The summed E-state index contributed by atoms with van der Waals surface area (Å²) in [5, 5.41) is 0.581. The lowest BCUT2D eigenvalue weighted by atomic mass is 9.99. The molecule has 128 valence electrons. The third kappa shape index (κ3) is 4.75. The fraction of sp³-hybridized carbons (Fsp3) is 0.533. The van der Waals surface area contributed by atoms with Crippen molar-refractivity contribution in [2.24, 2.45) is 5.92 Å². The van der Waals surface area contributed by atoms with E-state index in [2.05, 4.69) is 6.92 Å². The molecule has 0 saturated carbocycles. The van der Waals surface area contributed by atoms with E-state index in [1.807, 2.05) is 0 Å². The summed E-state index contributed by atoms with van der Waals surface area (Å²) in [5.41, 5.74) is 0.334. The summed E-state index contributed by atoms with van der Waals surface area (Å²) in [6, 6.07) is 4.52. The summed E-state index contributed by atoms with van der Waals surface area (Å²) >= 11 is 11.8. The van der Waals surface area contributed by atoms with E-state index in [4.69, 9.17) is 23.2 Å². The summed E-state index contributed by atoms with van der Waals surface area (Å²) < 4.78 is 25.2. The average Bonchev–Trinajstić information content (AvgIpc) is 2.47. The predicted molar refractivity (Wildman–Crippen MR) is 93.6 cm³/mol. The number of hydrogen-bond acceptors (Lipinski definition) is 3. The molecule has 0 aromatic heterocycles. The van der Waals surface area contributed by atoms with Crippen LogP contribution < -0.4 is 4.31 Å². The zero-order valence-electron chi connectivity index (χ0n) is 13.1. The smallest absolute Gasteiger partial charge is 0.243 e. The fourth-order valence-corrected chi connectivity index (χ4v) is 3.65. The molecular weight excluding hydrogens is 359 g/mol. The number of nitrogens with zero attached hydrogens (tertiary/aromatic N) is 2. The van der Waals surface area contributed by atoms with E-state index in [0.717, 1.165) is 23.4 Å². The third-order valence-corrected chi connectivity index (χ3v) is 5.89. The van der Waals surface area contributed by atoms with Crippen molar-refractivity contribution in [3.05, 3.63) is 28.2 Å². The molecule has 1 heterocycles. The molecule has 0 N–H and O–H groups in total. The van der Waals surface area contributed by atoms with Gasteiger partial charge in [-0.1, -0.05) is 30.1 Å². The van der Waals surface area contributed by atoms with Crippen LogP contribution in [0.1, 0.15) is 19.8 Å². The monoisotopic (exact) mass is 378 g/mol. The van der Waals surface area contributed by atoms with Crippen molar-refractivity contribution in [2.75, 3.05) is 30.2 Å². The van der Waals surface area contributed by atoms with Gasteiger partial charge < -0.3 is 4.90 Å². The number of carbonyl (C=O) groups excluding carboxylic acids is 1. The Balaban J connectivity index is 2.19. The number of benzene rings is 1. The van der Waals surface area contributed by atoms with Crippen molar-refractivity contribution in [1.82, 2.24) is 4.90 Å². The molecule has 2 rings (SSSR count). The molecule has 1 amide bonds. The molecular formula is C15H20Cl2N2O3S. The Morgan fingerprint density at radius 1 is 1.26 bits per heavy atom. The number of carbonyl (C=O) groups is 1. The zero-order valence-corrected chi connectivity index (χ0v) is 15.5. The Bertz CT molecular complexity index is 686. The van der Waals surface area contributed by atoms with Crippen molar-refractivity contribution < 1.29 is 13.2 Å². The van der Waals surface area contributed by atoms with E-state index in [9.17, 15) is 13.2 Å². The minimum absolute atomic E-state index is 0.201. The minimum atomic E-state index is -3.61. The first kappa shape index (κ1) is 18.4. The minimum Gasteiger partial charge on any atom is -0.341 e. The van der Waals surface area contributed by atoms with E-state index in [-0.39, 0.29) is 17.5 Å². The van der Waals surface area contributed by atoms with Gasteiger partial charge in [-0.05, 0) is 37.0 Å². The predicted octanol–water partition coefficient (Wildman–Crippen LogP) is 3.02. The summed E-state index contributed by atoms with van der Waals surface area (Å²) in [7, 11) is -3.61. The summed E-state index contributed by atoms with van der Waals surface area (Å²) in [5.74, 6) is 0.397. The molecule has 1 aromatic carbocycles. The molecule has 1 saturated heterocycles. The zero-order chi connectivity index (χ0) is 17.2. The Morgan fingerprint density at radius 2 is 1.87 bits per heavy atom. The number of hydrogen-bond donors (Lipinski definition) is 0. The lowest BCUT2D eigenvalue weighted by molar-refractivity contribution is -0.130. The SMILES string of the molecule is CC1CCN(C(=O)CN(c2ccc(Cl)c(Cl)c2)S(C)(=O)=O)CC1. The molecule has 1 aliphatic rings. The third-order valence-electron chi connectivity index (χ3n) is 4.01. The van der Waals surface area contributed by atoms with E-state index >= 15 is 0 Å². The quantitative estimate of drug-likeness (QED) is 0.808. The molecule has 0 atom stereocenters. The van der Waals surface area contributed by atoms with Gasteiger partial charge in [-0.15, -0.1) is 0 Å². The van der Waals surface area contributed by atoms with Crippen LogP contribution in [0.15, 0.2) is 18.2 Å². The van der Waals surface area contributed by atoms with Gasteiger partial charge in [0.2, 0.25) is 15.9 Å². The van der Waals surface area contributed by atoms with Crippen molar-refractivity contribution in [2.45, 2.75) is 19.8 Å². The number of likely N-dealkylation sites (tertiary alicyclic amines) is 1. The molecule has 0 spiro atoms. The maximum Gasteiger partial charge on any atom is 0.243 e. The molecule has 1 aromatic rings. The fourth-order valence-electron chi connectivity index (χ4n) is 2.52. The second kappa shape index (κ2) is 7.28. The molecule has 1 aliphatic heterocycles. The van der Waals surface area contributed by atoms with Crippen LogP contribution in [0.3, 0.4) is 0 Å². The molecule has 8 heteroatoms. The van der Waals surface area contributed by atoms with E-state index < -0.39 is 10.0 Å². The largest absolute Gasteiger partial charge is 0.341 e. The lowest BCUT2D eigenvalue weighted by Crippen LogP contribution is -2.45. The van der Waals surface area contributed by atoms with Gasteiger partial charge in [-0.2, -0.15) is 0 Å². The Morgan fingerprint density at radius 3 is 2.39 bits per heavy atom. The van der Waals surface area contributed by atoms with E-state index in [1.54, 1.807) is 11.0 Å². The average molecular weight is 379 g/mol. The van der Waals surface area contributed by atoms with Gasteiger partial charge >= 0.3 is 0 Å². The van der Waals surface area contributed by atoms with Gasteiger partial charge in [-0.25, -0.2) is 8.42 Å². The van der Waals surface area contributed by atoms with Gasteiger partial charge in [-0.3, -0.25) is 9.10 Å². The van der Waals surface area contributed by atoms with Crippen molar-refractivity contribution in [3.8, 4) is 0 Å². The topological polar surface area (TPSA) is 57.7 Å². The van der Waals surface area contributed by atoms with E-state index in [1.165, 1.54) is 12.1 Å². The van der Waals surface area contributed by atoms with Crippen LogP contribution in [0.4, 0.5) is 5.69 Å². The van der Waals surface area contributed by atoms with Gasteiger partial charge in [0, 0.05) is 13.1 Å². The lowest BCUT2D eigenvalue weighted by Gasteiger charge is -2.32. The summed E-state index contributed by atoms with van der Waals surface area (Å²) in [6.07, 6.45) is 2.95. The van der Waals surface area contributed by atoms with E-state index in [0.29, 0.717) is 29.7 Å². The van der Waals surface area contributed by atoms with Crippen molar-refractivity contribution >= 4 is 44.8 Å². The normalized spacial score (nSPS) is 16.4. The maximum atomic E-state index is 12.4. The highest BCUT2D eigenvalue weighted by Crippen LogP contribution is 2.28. The van der Waals surface area contributed by atoms with Crippen LogP contribution in [-0.4, -0.2) is 45.1 Å². The van der Waals surface area contributed by atoms with Crippen LogP contribution in [0, 0.1) is 5.92 Å². The highest BCUT2D eigenvalue weighted by molar-refractivity contribution is 7.92. The molecule has 5 nitrogen and oxygen atoms in total. The Hall–Kier alpha value is -0.980. The van der Waals surface area contributed by atoms with Crippen LogP contribution in [0.2, 0.25) is 10.0 Å².